The Morgan fingerprint density at radius 2 is 1.74 bits per heavy atom. The molecule has 0 unspecified atom stereocenters. The summed E-state index contributed by atoms with van der Waals surface area (Å²) in [6.07, 6.45) is -3.91. The molecule has 2 rings (SSSR count). The lowest BCUT2D eigenvalue weighted by Gasteiger charge is -2.38. The third-order valence-corrected chi connectivity index (χ3v) is 6.39. The van der Waals surface area contributed by atoms with E-state index in [-0.39, 0.29) is 4.90 Å². The minimum atomic E-state index is -4.23. The van der Waals surface area contributed by atoms with Crippen LogP contribution in [-0.4, -0.2) is 66.4 Å². The van der Waals surface area contributed by atoms with Crippen LogP contribution in [-0.2, 0) is 29.0 Å². The zero-order chi connectivity index (χ0) is 23.8. The normalized spacial score (nSPS) is 24.4. The van der Waals surface area contributed by atoms with Crippen molar-refractivity contribution in [2.24, 2.45) is 0 Å². The van der Waals surface area contributed by atoms with Gasteiger partial charge in [-0.25, -0.2) is 13.2 Å². The summed E-state index contributed by atoms with van der Waals surface area (Å²) in [5, 5.41) is 20.9. The van der Waals surface area contributed by atoms with Crippen LogP contribution in [0.5, 0.6) is 0 Å². The van der Waals surface area contributed by atoms with Gasteiger partial charge in [-0.05, 0) is 60.6 Å². The molecule has 1 aliphatic rings. The number of aliphatic hydroxyl groups excluding tert-OH is 2. The van der Waals surface area contributed by atoms with Crippen LogP contribution < -0.4 is 4.72 Å². The molecular weight excluding hydrogens is 426 g/mol. The summed E-state index contributed by atoms with van der Waals surface area (Å²) >= 11 is 0. The van der Waals surface area contributed by atoms with E-state index in [1.807, 2.05) is 6.92 Å². The Bertz CT molecular complexity index is 891. The maximum absolute atomic E-state index is 13.1. The second-order valence-corrected chi connectivity index (χ2v) is 11.1. The smallest absolute Gasteiger partial charge is 0.330 e. The summed E-state index contributed by atoms with van der Waals surface area (Å²) in [6, 6.07) is 6.03. The molecule has 9 nitrogen and oxygen atoms in total. The van der Waals surface area contributed by atoms with Gasteiger partial charge in [0.05, 0.1) is 11.5 Å². The topological polar surface area (TPSA) is 131 Å². The average molecular weight is 460 g/mol. The van der Waals surface area contributed by atoms with Crippen molar-refractivity contribution in [3.05, 3.63) is 29.8 Å². The number of rotatable bonds is 7. The Labute approximate surface area is 183 Å². The molecule has 1 saturated heterocycles. The van der Waals surface area contributed by atoms with E-state index in [0.717, 1.165) is 5.56 Å². The zero-order valence-corrected chi connectivity index (χ0v) is 19.8. The molecule has 0 aliphatic carbocycles. The molecule has 1 aliphatic heterocycles. The highest BCUT2D eigenvalue weighted by Gasteiger charge is 2.55. The molecule has 31 heavy (non-hydrogen) atoms. The zero-order valence-electron chi connectivity index (χ0n) is 19.0. The number of hydrogen-bond donors (Lipinski definition) is 3. The van der Waals surface area contributed by atoms with Gasteiger partial charge in [0.25, 0.3) is 0 Å². The first-order valence-electron chi connectivity index (χ1n) is 9.99. The van der Waals surface area contributed by atoms with Crippen molar-refractivity contribution in [1.29, 1.82) is 0 Å². The Balaban J connectivity index is 2.48. The van der Waals surface area contributed by atoms with E-state index in [4.69, 9.17) is 14.2 Å². The van der Waals surface area contributed by atoms with Gasteiger partial charge in [-0.15, -0.1) is 0 Å². The maximum atomic E-state index is 13.1. The van der Waals surface area contributed by atoms with Crippen LogP contribution in [0.1, 0.15) is 47.1 Å². The first-order valence-corrected chi connectivity index (χ1v) is 11.5. The minimum absolute atomic E-state index is 0.0808. The fourth-order valence-corrected chi connectivity index (χ4v) is 4.64. The molecule has 3 N–H and O–H groups in total. The van der Waals surface area contributed by atoms with Crippen molar-refractivity contribution in [2.75, 3.05) is 6.61 Å². The Hall–Kier alpha value is -1.56. The molecule has 0 spiro atoms. The fourth-order valence-electron chi connectivity index (χ4n) is 3.26. The van der Waals surface area contributed by atoms with Crippen molar-refractivity contribution >= 4 is 16.0 Å². The Morgan fingerprint density at radius 3 is 2.23 bits per heavy atom. The lowest BCUT2D eigenvalue weighted by atomic mass is 9.89. The molecule has 1 aromatic rings. The number of nitrogens with one attached hydrogen (secondary N) is 1. The third kappa shape index (κ3) is 6.03. The largest absolute Gasteiger partial charge is 0.458 e. The van der Waals surface area contributed by atoms with Crippen molar-refractivity contribution in [2.45, 2.75) is 88.6 Å². The number of sulfonamides is 1. The highest BCUT2D eigenvalue weighted by atomic mass is 32.2. The quantitative estimate of drug-likeness (QED) is 0.519. The van der Waals surface area contributed by atoms with Gasteiger partial charge in [0.2, 0.25) is 10.0 Å². The lowest BCUT2D eigenvalue weighted by molar-refractivity contribution is -0.179. The summed E-state index contributed by atoms with van der Waals surface area (Å²) in [5.74, 6) is -2.14. The predicted molar refractivity (Wildman–Crippen MR) is 113 cm³/mol. The second kappa shape index (κ2) is 8.76. The molecular formula is C21H33NO8S. The molecule has 0 saturated carbocycles. The molecule has 0 amide bonds. The molecule has 0 radical (unpaired) electrons. The summed E-state index contributed by atoms with van der Waals surface area (Å²) in [7, 11) is -4.23. The van der Waals surface area contributed by atoms with Crippen LogP contribution in [0.15, 0.2) is 29.2 Å². The van der Waals surface area contributed by atoms with E-state index < -0.39 is 57.8 Å². The fraction of sp³-hybridized carbons (Fsp3) is 0.667. The van der Waals surface area contributed by atoms with E-state index in [0.29, 0.717) is 0 Å². The number of carbonyl (C=O) groups excluding carboxylic acids is 1. The Morgan fingerprint density at radius 1 is 1.19 bits per heavy atom. The van der Waals surface area contributed by atoms with Gasteiger partial charge in [-0.1, -0.05) is 17.7 Å². The predicted octanol–water partition coefficient (Wildman–Crippen LogP) is 1.25. The molecule has 176 valence electrons. The van der Waals surface area contributed by atoms with E-state index in [9.17, 15) is 23.4 Å². The molecule has 10 heteroatoms. The molecule has 4 atom stereocenters. The Kier molecular flexibility index (Phi) is 7.26. The number of esters is 1. The lowest BCUT2D eigenvalue weighted by Crippen LogP contribution is -2.65. The van der Waals surface area contributed by atoms with Crippen molar-refractivity contribution < 1.29 is 37.6 Å². The van der Waals surface area contributed by atoms with E-state index in [2.05, 4.69) is 4.72 Å². The van der Waals surface area contributed by atoms with Gasteiger partial charge in [0.1, 0.15) is 23.9 Å². The summed E-state index contributed by atoms with van der Waals surface area (Å²) in [5.41, 5.74) is -2.23. The standard InChI is InChI=1S/C21H33NO8S/c1-13-8-10-14(11-9-13)31(26,27)22-21(7,18(25)30-19(2,3)4)17(24)16-15(12-23)28-20(5,6)29-16/h8-11,15-17,22-24H,12H2,1-7H3/t15-,16+,17+,21+/m1/s1. The van der Waals surface area contributed by atoms with Crippen LogP contribution >= 0.6 is 0 Å². The maximum Gasteiger partial charge on any atom is 0.330 e. The number of aliphatic hydroxyl groups is 2. The summed E-state index contributed by atoms with van der Waals surface area (Å²) in [4.78, 5) is 13.0. The first kappa shape index (κ1) is 25.7. The van der Waals surface area contributed by atoms with Crippen LogP contribution in [0.4, 0.5) is 0 Å². The molecule has 1 aromatic carbocycles. The van der Waals surface area contributed by atoms with Crippen molar-refractivity contribution in [3.63, 3.8) is 0 Å². The molecule has 0 aromatic heterocycles. The van der Waals surface area contributed by atoms with E-state index in [1.54, 1.807) is 46.8 Å². The van der Waals surface area contributed by atoms with Crippen LogP contribution in [0.2, 0.25) is 0 Å². The van der Waals surface area contributed by atoms with Crippen molar-refractivity contribution in [1.82, 2.24) is 4.72 Å². The minimum Gasteiger partial charge on any atom is -0.458 e. The number of hydrogen-bond acceptors (Lipinski definition) is 8. The molecule has 1 heterocycles. The van der Waals surface area contributed by atoms with Gasteiger partial charge in [-0.3, -0.25) is 0 Å². The van der Waals surface area contributed by atoms with Gasteiger partial charge in [0, 0.05) is 0 Å². The summed E-state index contributed by atoms with van der Waals surface area (Å²) in [6.45, 7) is 10.6. The van der Waals surface area contributed by atoms with Gasteiger partial charge in [0.15, 0.2) is 11.3 Å². The average Bonchev–Trinajstić information content (AvgIpc) is 2.94. The van der Waals surface area contributed by atoms with E-state index in [1.165, 1.54) is 19.1 Å². The highest BCUT2D eigenvalue weighted by molar-refractivity contribution is 7.89. The highest BCUT2D eigenvalue weighted by Crippen LogP contribution is 2.34. The number of aryl methyl sites for hydroxylation is 1. The number of carbonyl (C=O) groups is 1. The SMILES string of the molecule is Cc1ccc(S(=O)(=O)N[C@](C)(C(=O)OC(C)(C)C)[C@@H](O)[C@H]2OC(C)(C)O[C@@H]2CO)cc1. The van der Waals surface area contributed by atoms with Crippen LogP contribution in [0.3, 0.4) is 0 Å². The number of benzene rings is 1. The molecule has 1 fully saturated rings. The summed E-state index contributed by atoms with van der Waals surface area (Å²) < 4.78 is 45.2. The first-order chi connectivity index (χ1) is 14.0. The van der Waals surface area contributed by atoms with Gasteiger partial charge >= 0.3 is 5.97 Å². The van der Waals surface area contributed by atoms with Crippen LogP contribution in [0, 0.1) is 6.92 Å². The van der Waals surface area contributed by atoms with E-state index >= 15 is 0 Å². The van der Waals surface area contributed by atoms with Gasteiger partial charge in [-0.2, -0.15) is 4.72 Å². The second-order valence-electron chi connectivity index (χ2n) is 9.39. The molecule has 0 bridgehead atoms. The number of ether oxygens (including phenoxy) is 3. The third-order valence-electron chi connectivity index (χ3n) is 4.80. The van der Waals surface area contributed by atoms with Crippen molar-refractivity contribution in [3.8, 4) is 0 Å². The van der Waals surface area contributed by atoms with Crippen LogP contribution in [0.25, 0.3) is 0 Å². The monoisotopic (exact) mass is 459 g/mol. The van der Waals surface area contributed by atoms with Gasteiger partial charge < -0.3 is 24.4 Å².